The van der Waals surface area contributed by atoms with E-state index < -0.39 is 0 Å². The molecule has 0 bridgehead atoms. The number of anilines is 1. The molecule has 0 saturated carbocycles. The Kier molecular flexibility index (Phi) is 5.97. The van der Waals surface area contributed by atoms with E-state index in [2.05, 4.69) is 20.5 Å². The molecular weight excluding hydrogens is 419 g/mol. The second-order valence-corrected chi connectivity index (χ2v) is 8.36. The van der Waals surface area contributed by atoms with Crippen molar-refractivity contribution >= 4 is 22.8 Å². The number of carbonyl (C=O) groups is 1. The summed E-state index contributed by atoms with van der Waals surface area (Å²) in [5.41, 5.74) is 3.44. The van der Waals surface area contributed by atoms with Crippen LogP contribution in [0.5, 0.6) is 0 Å². The van der Waals surface area contributed by atoms with Gasteiger partial charge in [0.1, 0.15) is 5.82 Å². The Morgan fingerprint density at radius 1 is 1.15 bits per heavy atom. The van der Waals surface area contributed by atoms with E-state index in [1.54, 1.807) is 18.3 Å². The van der Waals surface area contributed by atoms with E-state index in [0.29, 0.717) is 31.0 Å². The third kappa shape index (κ3) is 4.84. The highest BCUT2D eigenvalue weighted by molar-refractivity contribution is 5.87. The van der Waals surface area contributed by atoms with Crippen molar-refractivity contribution < 1.29 is 9.18 Å². The molecule has 0 radical (unpaired) electrons. The zero-order valence-electron chi connectivity index (χ0n) is 18.2. The molecule has 0 aliphatic carbocycles. The Morgan fingerprint density at radius 2 is 2.03 bits per heavy atom. The highest BCUT2D eigenvalue weighted by Gasteiger charge is 2.26. The van der Waals surface area contributed by atoms with Gasteiger partial charge in [-0.15, -0.1) is 0 Å². The third-order valence-electron chi connectivity index (χ3n) is 6.07. The molecule has 1 amide bonds. The van der Waals surface area contributed by atoms with Crippen molar-refractivity contribution in [2.75, 3.05) is 18.4 Å². The Morgan fingerprint density at radius 3 is 2.85 bits per heavy atom. The number of hydrogen-bond donors (Lipinski definition) is 2. The minimum atomic E-state index is -0.250. The Balaban J connectivity index is 1.25. The summed E-state index contributed by atoms with van der Waals surface area (Å²) in [6.45, 7) is 1.97. The number of carbonyl (C=O) groups excluding carboxylic acids is 1. The molecule has 1 aliphatic heterocycles. The first-order valence-corrected chi connectivity index (χ1v) is 11.2. The molecule has 1 saturated heterocycles. The number of nitrogens with one attached hydrogen (secondary N) is 2. The van der Waals surface area contributed by atoms with Gasteiger partial charge in [0, 0.05) is 43.1 Å². The number of hydrogen-bond acceptors (Lipinski definition) is 5. The molecule has 1 aromatic carbocycles. The predicted octanol–water partition coefficient (Wildman–Crippen LogP) is 4.05. The molecular formula is C25H25FN6O. The normalized spacial score (nSPS) is 16.2. The number of fused-ring (bicyclic) bond motifs is 1. The van der Waals surface area contributed by atoms with Crippen LogP contribution in [0.15, 0.2) is 60.8 Å². The van der Waals surface area contributed by atoms with Crippen LogP contribution in [-0.2, 0) is 17.8 Å². The van der Waals surface area contributed by atoms with Gasteiger partial charge in [0.2, 0.25) is 5.91 Å². The van der Waals surface area contributed by atoms with Crippen LogP contribution < -0.4 is 5.32 Å². The average molecular weight is 445 g/mol. The first-order chi connectivity index (χ1) is 16.2. The summed E-state index contributed by atoms with van der Waals surface area (Å²) in [4.78, 5) is 23.8. The number of benzene rings is 1. The fourth-order valence-electron chi connectivity index (χ4n) is 4.28. The van der Waals surface area contributed by atoms with Crippen LogP contribution >= 0.6 is 0 Å². The summed E-state index contributed by atoms with van der Waals surface area (Å²) >= 11 is 0. The molecule has 7 nitrogen and oxygen atoms in total. The standard InChI is InChI=1S/C25H25FN6O/c26-19-8-6-17(7-9-19)15-28-24-21-10-11-22(29-25(21)31-30-24)18-4-3-13-32(16-18)23(33)14-20-5-1-2-12-27-20/h1-2,5-12,18H,3-4,13-16H2,(H2,28,29,30,31)/t18-/m1/s1. The van der Waals surface area contributed by atoms with Crippen molar-refractivity contribution in [3.8, 4) is 0 Å². The van der Waals surface area contributed by atoms with Gasteiger partial charge >= 0.3 is 0 Å². The first-order valence-electron chi connectivity index (χ1n) is 11.2. The van der Waals surface area contributed by atoms with Crippen molar-refractivity contribution in [3.63, 3.8) is 0 Å². The van der Waals surface area contributed by atoms with Crippen LogP contribution in [-0.4, -0.2) is 44.1 Å². The smallest absolute Gasteiger partial charge is 0.228 e. The van der Waals surface area contributed by atoms with Crippen LogP contribution in [0.4, 0.5) is 10.2 Å². The van der Waals surface area contributed by atoms with Gasteiger partial charge in [-0.25, -0.2) is 9.37 Å². The van der Waals surface area contributed by atoms with Gasteiger partial charge in [-0.1, -0.05) is 18.2 Å². The van der Waals surface area contributed by atoms with E-state index in [1.807, 2.05) is 35.2 Å². The van der Waals surface area contributed by atoms with Gasteiger partial charge < -0.3 is 10.2 Å². The maximum Gasteiger partial charge on any atom is 0.228 e. The average Bonchev–Trinajstić information content (AvgIpc) is 3.26. The van der Waals surface area contributed by atoms with E-state index >= 15 is 0 Å². The molecule has 168 valence electrons. The summed E-state index contributed by atoms with van der Waals surface area (Å²) in [5, 5.41) is 11.6. The SMILES string of the molecule is O=C(Cc1ccccn1)N1CCC[C@@H](c2ccc3c(NCc4ccc(F)cc4)n[nH]c3n2)C1. The molecule has 4 heterocycles. The second kappa shape index (κ2) is 9.36. The number of aromatic amines is 1. The summed E-state index contributed by atoms with van der Waals surface area (Å²) in [6.07, 6.45) is 3.99. The lowest BCUT2D eigenvalue weighted by atomic mass is 9.93. The van der Waals surface area contributed by atoms with Crippen LogP contribution in [0.3, 0.4) is 0 Å². The lowest BCUT2D eigenvalue weighted by Crippen LogP contribution is -2.40. The van der Waals surface area contributed by atoms with E-state index in [9.17, 15) is 9.18 Å². The number of H-pyrrole nitrogens is 1. The largest absolute Gasteiger partial charge is 0.364 e. The fourth-order valence-corrected chi connectivity index (χ4v) is 4.28. The molecule has 2 N–H and O–H groups in total. The van der Waals surface area contributed by atoms with Gasteiger partial charge in [-0.05, 0) is 54.8 Å². The van der Waals surface area contributed by atoms with Crippen LogP contribution in [0, 0.1) is 5.82 Å². The summed E-state index contributed by atoms with van der Waals surface area (Å²) in [7, 11) is 0. The van der Waals surface area contributed by atoms with Crippen LogP contribution in [0.2, 0.25) is 0 Å². The lowest BCUT2D eigenvalue weighted by molar-refractivity contribution is -0.131. The fraction of sp³-hybridized carbons (Fsp3) is 0.280. The van der Waals surface area contributed by atoms with Gasteiger partial charge in [-0.2, -0.15) is 5.10 Å². The van der Waals surface area contributed by atoms with Gasteiger partial charge in [0.25, 0.3) is 0 Å². The zero-order chi connectivity index (χ0) is 22.6. The number of rotatable bonds is 6. The molecule has 8 heteroatoms. The van der Waals surface area contributed by atoms with E-state index in [4.69, 9.17) is 4.98 Å². The van der Waals surface area contributed by atoms with Crippen molar-refractivity contribution in [1.82, 2.24) is 25.1 Å². The van der Waals surface area contributed by atoms with Gasteiger partial charge in [0.05, 0.1) is 11.8 Å². The minimum absolute atomic E-state index is 0.105. The zero-order valence-corrected chi connectivity index (χ0v) is 18.2. The topological polar surface area (TPSA) is 86.8 Å². The maximum atomic E-state index is 13.1. The summed E-state index contributed by atoms with van der Waals surface area (Å²) in [6, 6.07) is 16.1. The molecule has 1 aliphatic rings. The van der Waals surface area contributed by atoms with E-state index in [0.717, 1.165) is 41.7 Å². The van der Waals surface area contributed by atoms with Crippen molar-refractivity contribution in [3.05, 3.63) is 83.6 Å². The third-order valence-corrected chi connectivity index (χ3v) is 6.07. The van der Waals surface area contributed by atoms with E-state index in [1.165, 1.54) is 12.1 Å². The Bertz CT molecular complexity index is 1240. The highest BCUT2D eigenvalue weighted by Crippen LogP contribution is 2.28. The molecule has 0 spiro atoms. The van der Waals surface area contributed by atoms with Crippen molar-refractivity contribution in [2.45, 2.75) is 31.7 Å². The molecule has 1 atom stereocenters. The van der Waals surface area contributed by atoms with Crippen LogP contribution in [0.25, 0.3) is 11.0 Å². The van der Waals surface area contributed by atoms with Crippen LogP contribution in [0.1, 0.15) is 35.7 Å². The lowest BCUT2D eigenvalue weighted by Gasteiger charge is -2.32. The molecule has 4 aromatic rings. The number of likely N-dealkylation sites (tertiary alicyclic amines) is 1. The highest BCUT2D eigenvalue weighted by atomic mass is 19.1. The van der Waals surface area contributed by atoms with Crippen molar-refractivity contribution in [2.24, 2.45) is 0 Å². The number of piperidine rings is 1. The Hall–Kier alpha value is -3.81. The number of aromatic nitrogens is 4. The first kappa shape index (κ1) is 21.1. The van der Waals surface area contributed by atoms with Crippen molar-refractivity contribution in [1.29, 1.82) is 0 Å². The maximum absolute atomic E-state index is 13.1. The summed E-state index contributed by atoms with van der Waals surface area (Å²) in [5.74, 6) is 0.757. The summed E-state index contributed by atoms with van der Waals surface area (Å²) < 4.78 is 13.1. The molecule has 3 aromatic heterocycles. The minimum Gasteiger partial charge on any atom is -0.364 e. The number of nitrogens with zero attached hydrogens (tertiary/aromatic N) is 4. The molecule has 5 rings (SSSR count). The van der Waals surface area contributed by atoms with E-state index in [-0.39, 0.29) is 17.6 Å². The predicted molar refractivity (Wildman–Crippen MR) is 124 cm³/mol. The van der Waals surface area contributed by atoms with Gasteiger partial charge in [0.15, 0.2) is 11.5 Å². The quantitative estimate of drug-likeness (QED) is 0.469. The monoisotopic (exact) mass is 444 g/mol. The number of pyridine rings is 2. The molecule has 33 heavy (non-hydrogen) atoms. The van der Waals surface area contributed by atoms with Gasteiger partial charge in [-0.3, -0.25) is 14.9 Å². The number of halogens is 1. The molecule has 0 unspecified atom stereocenters. The Labute approximate surface area is 191 Å². The second-order valence-electron chi connectivity index (χ2n) is 8.36. The number of amides is 1. The molecule has 1 fully saturated rings.